The Morgan fingerprint density at radius 2 is 1.89 bits per heavy atom. The number of rotatable bonds is 4. The van der Waals surface area contributed by atoms with Crippen molar-refractivity contribution >= 4 is 23.2 Å². The maximum Gasteiger partial charge on any atom is 0.249 e. The third-order valence-electron chi connectivity index (χ3n) is 2.85. The van der Waals surface area contributed by atoms with E-state index >= 15 is 0 Å². The van der Waals surface area contributed by atoms with Gasteiger partial charge in [-0.3, -0.25) is 14.9 Å². The SMILES string of the molecule is CCNc1ccc(NC2CCC(=O)NC2=O)cc1. The van der Waals surface area contributed by atoms with Gasteiger partial charge in [-0.15, -0.1) is 0 Å². The van der Waals surface area contributed by atoms with Crippen LogP contribution in [0.3, 0.4) is 0 Å². The molecule has 1 saturated heterocycles. The Balaban J connectivity index is 1.96. The Bertz CT molecular complexity index is 442. The second-order valence-electron chi connectivity index (χ2n) is 4.26. The molecule has 1 aliphatic heterocycles. The minimum Gasteiger partial charge on any atom is -0.385 e. The summed E-state index contributed by atoms with van der Waals surface area (Å²) in [6.45, 7) is 2.91. The van der Waals surface area contributed by atoms with Crippen LogP contribution in [0.2, 0.25) is 0 Å². The molecule has 5 heteroatoms. The summed E-state index contributed by atoms with van der Waals surface area (Å²) in [6.07, 6.45) is 0.929. The molecule has 1 unspecified atom stereocenters. The lowest BCUT2D eigenvalue weighted by Crippen LogP contribution is -2.47. The summed E-state index contributed by atoms with van der Waals surface area (Å²) in [5, 5.41) is 8.66. The average molecular weight is 247 g/mol. The molecule has 3 N–H and O–H groups in total. The fourth-order valence-electron chi connectivity index (χ4n) is 1.92. The van der Waals surface area contributed by atoms with Crippen molar-refractivity contribution in [2.75, 3.05) is 17.2 Å². The van der Waals surface area contributed by atoms with Crippen molar-refractivity contribution in [2.45, 2.75) is 25.8 Å². The van der Waals surface area contributed by atoms with Crippen LogP contribution in [0.5, 0.6) is 0 Å². The Morgan fingerprint density at radius 3 is 2.50 bits per heavy atom. The van der Waals surface area contributed by atoms with Gasteiger partial charge in [-0.2, -0.15) is 0 Å². The molecule has 1 atom stereocenters. The summed E-state index contributed by atoms with van der Waals surface area (Å²) in [5.41, 5.74) is 1.93. The van der Waals surface area contributed by atoms with Gasteiger partial charge in [0.25, 0.3) is 0 Å². The normalized spacial score (nSPS) is 19.3. The molecule has 5 nitrogen and oxygen atoms in total. The lowest BCUT2D eigenvalue weighted by atomic mass is 10.1. The van der Waals surface area contributed by atoms with E-state index in [1.54, 1.807) is 0 Å². The summed E-state index contributed by atoms with van der Waals surface area (Å²) < 4.78 is 0. The molecule has 0 bridgehead atoms. The van der Waals surface area contributed by atoms with Gasteiger partial charge in [0.15, 0.2) is 0 Å². The standard InChI is InChI=1S/C13H17N3O2/c1-2-14-9-3-5-10(6-4-9)15-11-7-8-12(17)16-13(11)18/h3-6,11,14-15H,2,7-8H2,1H3,(H,16,17,18). The number of hydrogen-bond donors (Lipinski definition) is 3. The first-order chi connectivity index (χ1) is 8.69. The highest BCUT2D eigenvalue weighted by Crippen LogP contribution is 2.16. The molecule has 1 aromatic carbocycles. The first-order valence-electron chi connectivity index (χ1n) is 6.13. The van der Waals surface area contributed by atoms with E-state index in [0.717, 1.165) is 17.9 Å². The van der Waals surface area contributed by atoms with Crippen LogP contribution in [-0.4, -0.2) is 24.4 Å². The van der Waals surface area contributed by atoms with Crippen molar-refractivity contribution in [3.8, 4) is 0 Å². The number of nitrogens with one attached hydrogen (secondary N) is 3. The van der Waals surface area contributed by atoms with Crippen LogP contribution in [0.4, 0.5) is 11.4 Å². The molecule has 0 radical (unpaired) electrons. The van der Waals surface area contributed by atoms with E-state index < -0.39 is 0 Å². The maximum absolute atomic E-state index is 11.6. The van der Waals surface area contributed by atoms with Crippen molar-refractivity contribution in [3.63, 3.8) is 0 Å². The van der Waals surface area contributed by atoms with Crippen LogP contribution in [-0.2, 0) is 9.59 Å². The molecule has 0 aromatic heterocycles. The van der Waals surface area contributed by atoms with Crippen LogP contribution in [0, 0.1) is 0 Å². The molecule has 2 rings (SSSR count). The van der Waals surface area contributed by atoms with Crippen LogP contribution < -0.4 is 16.0 Å². The lowest BCUT2D eigenvalue weighted by Gasteiger charge is -2.22. The van der Waals surface area contributed by atoms with Gasteiger partial charge >= 0.3 is 0 Å². The lowest BCUT2D eigenvalue weighted by molar-refractivity contribution is -0.133. The van der Waals surface area contributed by atoms with Crippen molar-refractivity contribution < 1.29 is 9.59 Å². The number of imide groups is 1. The van der Waals surface area contributed by atoms with E-state index in [-0.39, 0.29) is 17.9 Å². The monoisotopic (exact) mass is 247 g/mol. The minimum atomic E-state index is -0.326. The highest BCUT2D eigenvalue weighted by molar-refractivity contribution is 6.01. The van der Waals surface area contributed by atoms with Gasteiger partial charge in [0.2, 0.25) is 11.8 Å². The second-order valence-corrected chi connectivity index (χ2v) is 4.26. The predicted octanol–water partition coefficient (Wildman–Crippen LogP) is 1.34. The van der Waals surface area contributed by atoms with E-state index in [2.05, 4.69) is 16.0 Å². The topological polar surface area (TPSA) is 70.2 Å². The van der Waals surface area contributed by atoms with Crippen LogP contribution >= 0.6 is 0 Å². The molecule has 1 heterocycles. The van der Waals surface area contributed by atoms with Gasteiger partial charge in [-0.1, -0.05) is 0 Å². The number of carbonyl (C=O) groups excluding carboxylic acids is 2. The van der Waals surface area contributed by atoms with E-state index in [1.165, 1.54) is 0 Å². The van der Waals surface area contributed by atoms with Crippen LogP contribution in [0.15, 0.2) is 24.3 Å². The Kier molecular flexibility index (Phi) is 3.82. The van der Waals surface area contributed by atoms with Crippen molar-refractivity contribution in [1.29, 1.82) is 0 Å². The van der Waals surface area contributed by atoms with Gasteiger partial charge in [-0.25, -0.2) is 0 Å². The van der Waals surface area contributed by atoms with E-state index in [0.29, 0.717) is 12.8 Å². The number of carbonyl (C=O) groups is 2. The molecule has 1 aliphatic rings. The third kappa shape index (κ3) is 3.00. The van der Waals surface area contributed by atoms with Gasteiger partial charge in [0, 0.05) is 24.3 Å². The number of piperidine rings is 1. The predicted molar refractivity (Wildman–Crippen MR) is 70.4 cm³/mol. The molecule has 96 valence electrons. The van der Waals surface area contributed by atoms with Gasteiger partial charge < -0.3 is 10.6 Å². The number of hydrogen-bond acceptors (Lipinski definition) is 4. The second kappa shape index (κ2) is 5.53. The maximum atomic E-state index is 11.6. The summed E-state index contributed by atoms with van der Waals surface area (Å²) >= 11 is 0. The first-order valence-corrected chi connectivity index (χ1v) is 6.13. The number of benzene rings is 1. The molecular formula is C13H17N3O2. The summed E-state index contributed by atoms with van der Waals surface area (Å²) in [6, 6.07) is 7.42. The van der Waals surface area contributed by atoms with Crippen LogP contribution in [0.1, 0.15) is 19.8 Å². The molecule has 18 heavy (non-hydrogen) atoms. The fraction of sp³-hybridized carbons (Fsp3) is 0.385. The summed E-state index contributed by atoms with van der Waals surface area (Å²) in [7, 11) is 0. The zero-order valence-corrected chi connectivity index (χ0v) is 10.3. The van der Waals surface area contributed by atoms with E-state index in [4.69, 9.17) is 0 Å². The van der Waals surface area contributed by atoms with Gasteiger partial charge in [-0.05, 0) is 37.6 Å². The van der Waals surface area contributed by atoms with E-state index in [9.17, 15) is 9.59 Å². The zero-order valence-electron chi connectivity index (χ0n) is 10.3. The quantitative estimate of drug-likeness (QED) is 0.702. The molecule has 0 aliphatic carbocycles. The summed E-state index contributed by atoms with van der Waals surface area (Å²) in [5.74, 6) is -0.442. The fourth-order valence-corrected chi connectivity index (χ4v) is 1.92. The molecule has 1 fully saturated rings. The molecular weight excluding hydrogens is 230 g/mol. The highest BCUT2D eigenvalue weighted by Gasteiger charge is 2.26. The number of amides is 2. The Hall–Kier alpha value is -2.04. The Labute approximate surface area is 106 Å². The molecule has 2 amide bonds. The molecule has 0 saturated carbocycles. The zero-order chi connectivity index (χ0) is 13.0. The number of anilines is 2. The summed E-state index contributed by atoms with van der Waals surface area (Å²) in [4.78, 5) is 22.6. The average Bonchev–Trinajstić information content (AvgIpc) is 2.35. The highest BCUT2D eigenvalue weighted by atomic mass is 16.2. The van der Waals surface area contributed by atoms with Crippen molar-refractivity contribution in [2.24, 2.45) is 0 Å². The van der Waals surface area contributed by atoms with Crippen molar-refractivity contribution in [1.82, 2.24) is 5.32 Å². The minimum absolute atomic E-state index is 0.194. The first kappa shape index (κ1) is 12.4. The third-order valence-corrected chi connectivity index (χ3v) is 2.85. The smallest absolute Gasteiger partial charge is 0.249 e. The Morgan fingerprint density at radius 1 is 1.22 bits per heavy atom. The largest absolute Gasteiger partial charge is 0.385 e. The van der Waals surface area contributed by atoms with Gasteiger partial charge in [0.05, 0.1) is 0 Å². The van der Waals surface area contributed by atoms with Crippen LogP contribution in [0.25, 0.3) is 0 Å². The molecule has 0 spiro atoms. The van der Waals surface area contributed by atoms with Gasteiger partial charge in [0.1, 0.15) is 6.04 Å². The van der Waals surface area contributed by atoms with Crippen molar-refractivity contribution in [3.05, 3.63) is 24.3 Å². The van der Waals surface area contributed by atoms with E-state index in [1.807, 2.05) is 31.2 Å². The molecule has 1 aromatic rings.